The highest BCUT2D eigenvalue weighted by atomic mass is 31.2. The number of carbonyl (C=O) groups excluding carboxylic acids is 1. The normalized spacial score (nSPS) is 22.5. The van der Waals surface area contributed by atoms with Gasteiger partial charge in [0.15, 0.2) is 0 Å². The van der Waals surface area contributed by atoms with Crippen LogP contribution >= 0.6 is 7.82 Å². The minimum atomic E-state index is -5.03. The summed E-state index contributed by atoms with van der Waals surface area (Å²) in [6, 6.07) is 0. The predicted octanol–water partition coefficient (Wildman–Crippen LogP) is 10.2. The van der Waals surface area contributed by atoms with E-state index in [0.29, 0.717) is 13.0 Å². The van der Waals surface area contributed by atoms with Gasteiger partial charge in [-0.3, -0.25) is 13.8 Å². The number of allylic oxidation sites excluding steroid dienone is 10. The van der Waals surface area contributed by atoms with Crippen LogP contribution in [0.4, 0.5) is 0 Å². The van der Waals surface area contributed by atoms with Crippen molar-refractivity contribution >= 4 is 13.8 Å². The van der Waals surface area contributed by atoms with E-state index >= 15 is 0 Å². The quantitative estimate of drug-likeness (QED) is 0.0148. The van der Waals surface area contributed by atoms with Crippen molar-refractivity contribution in [2.45, 2.75) is 224 Å². The molecule has 0 aliphatic heterocycles. The van der Waals surface area contributed by atoms with Gasteiger partial charge in [0.25, 0.3) is 0 Å². The van der Waals surface area contributed by atoms with Gasteiger partial charge in [0.2, 0.25) is 0 Å². The molecule has 1 fully saturated rings. The minimum Gasteiger partial charge on any atom is -0.457 e. The number of rotatable bonds is 40. The van der Waals surface area contributed by atoms with Crippen LogP contribution in [0.2, 0.25) is 0 Å². The largest absolute Gasteiger partial charge is 0.472 e. The van der Waals surface area contributed by atoms with Crippen molar-refractivity contribution in [3.63, 3.8) is 0 Å². The van der Waals surface area contributed by atoms with Crippen molar-refractivity contribution in [1.82, 2.24) is 0 Å². The first-order valence-corrected chi connectivity index (χ1v) is 25.6. The lowest BCUT2D eigenvalue weighted by Gasteiger charge is -2.41. The van der Waals surface area contributed by atoms with Gasteiger partial charge in [0, 0.05) is 13.0 Å². The van der Waals surface area contributed by atoms with Crippen LogP contribution in [0.15, 0.2) is 60.8 Å². The van der Waals surface area contributed by atoms with E-state index in [1.54, 1.807) is 0 Å². The number of aliphatic hydroxyl groups excluding tert-OH is 5. The molecule has 0 aromatic rings. The molecule has 0 spiro atoms. The van der Waals surface area contributed by atoms with Gasteiger partial charge in [-0.25, -0.2) is 4.57 Å². The van der Waals surface area contributed by atoms with E-state index in [2.05, 4.69) is 74.6 Å². The van der Waals surface area contributed by atoms with E-state index in [-0.39, 0.29) is 13.0 Å². The van der Waals surface area contributed by atoms with Crippen LogP contribution in [0.25, 0.3) is 0 Å². The summed E-state index contributed by atoms with van der Waals surface area (Å²) >= 11 is 0. The summed E-state index contributed by atoms with van der Waals surface area (Å²) in [5.74, 6) is -0.495. The second-order valence-corrected chi connectivity index (χ2v) is 18.0. The van der Waals surface area contributed by atoms with E-state index < -0.39 is 63.1 Å². The first-order chi connectivity index (χ1) is 30.0. The molecule has 0 amide bonds. The Kier molecular flexibility index (Phi) is 36.9. The molecule has 0 heterocycles. The fraction of sp³-hybridized carbons (Fsp3) is 0.776. The monoisotopic (exact) mass is 899 g/mol. The third kappa shape index (κ3) is 31.0. The second kappa shape index (κ2) is 39.4. The van der Waals surface area contributed by atoms with E-state index in [1.807, 2.05) is 0 Å². The highest BCUT2D eigenvalue weighted by molar-refractivity contribution is 7.47. The topological polar surface area (TPSA) is 192 Å². The van der Waals surface area contributed by atoms with Crippen LogP contribution < -0.4 is 0 Å². The van der Waals surface area contributed by atoms with E-state index in [0.717, 1.165) is 96.3 Å². The number of hydrogen-bond acceptors (Lipinski definition) is 11. The number of carbonyl (C=O) groups is 1. The maximum absolute atomic E-state index is 12.8. The lowest BCUT2D eigenvalue weighted by Crippen LogP contribution is -2.64. The Labute approximate surface area is 375 Å². The molecule has 360 valence electrons. The molecule has 0 radical (unpaired) electrons. The number of hydrogen-bond donors (Lipinski definition) is 6. The van der Waals surface area contributed by atoms with Gasteiger partial charge in [0.1, 0.15) is 42.7 Å². The average molecular weight is 899 g/mol. The lowest BCUT2D eigenvalue weighted by atomic mass is 9.85. The smallest absolute Gasteiger partial charge is 0.457 e. The van der Waals surface area contributed by atoms with Crippen LogP contribution in [0.5, 0.6) is 0 Å². The van der Waals surface area contributed by atoms with Crippen molar-refractivity contribution in [3.05, 3.63) is 60.8 Å². The fourth-order valence-electron chi connectivity index (χ4n) is 7.05. The summed E-state index contributed by atoms with van der Waals surface area (Å²) in [5, 5.41) is 50.2. The Bertz CT molecular complexity index is 1250. The number of ether oxygens (including phenoxy) is 2. The van der Waals surface area contributed by atoms with E-state index in [1.165, 1.54) is 57.8 Å². The molecule has 13 heteroatoms. The fourth-order valence-corrected chi connectivity index (χ4v) is 8.02. The van der Waals surface area contributed by atoms with Crippen molar-refractivity contribution in [1.29, 1.82) is 0 Å². The lowest BCUT2D eigenvalue weighted by molar-refractivity contribution is -0.220. The summed E-state index contributed by atoms with van der Waals surface area (Å²) in [7, 11) is -5.03. The van der Waals surface area contributed by atoms with Crippen LogP contribution in [0.1, 0.15) is 181 Å². The molecular formula is C49H87O12P. The number of esters is 1. The first kappa shape index (κ1) is 58.1. The predicted molar refractivity (Wildman–Crippen MR) is 248 cm³/mol. The molecule has 1 aliphatic rings. The molecule has 0 aromatic carbocycles. The highest BCUT2D eigenvalue weighted by Crippen LogP contribution is 2.47. The Hall–Kier alpha value is -1.96. The van der Waals surface area contributed by atoms with E-state index in [9.17, 15) is 39.8 Å². The van der Waals surface area contributed by atoms with Crippen LogP contribution in [0, 0.1) is 0 Å². The summed E-state index contributed by atoms with van der Waals surface area (Å²) in [5.41, 5.74) is 0. The third-order valence-corrected chi connectivity index (χ3v) is 11.9. The van der Waals surface area contributed by atoms with Crippen LogP contribution in [-0.2, 0) is 27.9 Å². The van der Waals surface area contributed by atoms with Crippen molar-refractivity contribution in [2.75, 3.05) is 19.8 Å². The zero-order chi connectivity index (χ0) is 45.5. The van der Waals surface area contributed by atoms with Crippen molar-refractivity contribution in [3.8, 4) is 0 Å². The molecule has 0 aromatic heterocycles. The van der Waals surface area contributed by atoms with Gasteiger partial charge in [-0.05, 0) is 77.0 Å². The summed E-state index contributed by atoms with van der Waals surface area (Å²) in [4.78, 5) is 23.2. The van der Waals surface area contributed by atoms with Crippen LogP contribution in [-0.4, -0.2) is 98.9 Å². The molecule has 6 unspecified atom stereocenters. The van der Waals surface area contributed by atoms with Crippen molar-refractivity contribution in [2.24, 2.45) is 0 Å². The molecule has 12 nitrogen and oxygen atoms in total. The summed E-state index contributed by atoms with van der Waals surface area (Å²) in [6.07, 6.45) is 37.1. The zero-order valence-corrected chi connectivity index (χ0v) is 39.3. The third-order valence-electron chi connectivity index (χ3n) is 10.9. The Morgan fingerprint density at radius 1 is 0.532 bits per heavy atom. The maximum atomic E-state index is 12.8. The molecule has 6 atom stereocenters. The number of unbranched alkanes of at least 4 members (excludes halogenated alkanes) is 18. The van der Waals surface area contributed by atoms with Crippen LogP contribution in [0.3, 0.4) is 0 Å². The second-order valence-electron chi connectivity index (χ2n) is 16.6. The Morgan fingerprint density at radius 3 is 1.47 bits per heavy atom. The summed E-state index contributed by atoms with van der Waals surface area (Å²) in [6.45, 7) is 4.11. The molecule has 1 aliphatic carbocycles. The van der Waals surface area contributed by atoms with Gasteiger partial charge >= 0.3 is 13.8 Å². The van der Waals surface area contributed by atoms with Crippen molar-refractivity contribution < 1.29 is 58.3 Å². The highest BCUT2D eigenvalue weighted by Gasteiger charge is 2.51. The molecule has 0 saturated heterocycles. The first-order valence-electron chi connectivity index (χ1n) is 24.1. The van der Waals surface area contributed by atoms with Gasteiger partial charge in [-0.1, -0.05) is 158 Å². The zero-order valence-electron chi connectivity index (χ0n) is 38.4. The minimum absolute atomic E-state index is 0.0889. The summed E-state index contributed by atoms with van der Waals surface area (Å²) < 4.78 is 34.2. The average Bonchev–Trinajstić information content (AvgIpc) is 3.26. The molecule has 62 heavy (non-hydrogen) atoms. The number of phosphoric ester groups is 1. The van der Waals surface area contributed by atoms with Gasteiger partial charge in [0.05, 0.1) is 13.2 Å². The molecular weight excluding hydrogens is 812 g/mol. The Balaban J connectivity index is 2.40. The molecule has 6 N–H and O–H groups in total. The number of aliphatic hydroxyl groups is 5. The standard InChI is InChI=1S/C49H87O12P/c1-3-5-7-9-11-13-15-17-19-21-22-23-24-26-28-30-32-34-36-38-43(50)60-42(41-59-62(56,57)61-49-47(54)45(52)44(51)46(53)48(49)55)40-58-39-37-35-33-31-29-27-25-20-18-16-14-12-10-8-6-4-2/h5,7,11,13,17-20,22-23,42,44-49,51-55H,3-4,6,8-10,12,14-16,21,24-41H2,1-2H3,(H,56,57)/b7-5-,13-11-,19-17-,20-18-,23-22-. The maximum Gasteiger partial charge on any atom is 0.472 e. The van der Waals surface area contributed by atoms with Gasteiger partial charge in [-0.2, -0.15) is 0 Å². The van der Waals surface area contributed by atoms with E-state index in [4.69, 9.17) is 18.5 Å². The molecule has 0 bridgehead atoms. The molecule has 1 saturated carbocycles. The Morgan fingerprint density at radius 2 is 0.952 bits per heavy atom. The molecule has 1 rings (SSSR count). The van der Waals surface area contributed by atoms with Gasteiger partial charge < -0.3 is 39.9 Å². The van der Waals surface area contributed by atoms with Gasteiger partial charge in [-0.15, -0.1) is 0 Å². The SMILES string of the molecule is CC/C=C\C/C=C\C/C=C\C/C=C\CCCCCCCCC(=O)OC(COCCCCCCCC/C=C\CCCCCCCC)COP(=O)(O)OC1C(O)C(O)C(O)C(O)C1O. The number of phosphoric acid groups is 1.